The average Bonchev–Trinajstić information content (AvgIpc) is 3.26. The van der Waals surface area contributed by atoms with Crippen molar-refractivity contribution in [1.82, 2.24) is 14.9 Å². The summed E-state index contributed by atoms with van der Waals surface area (Å²) in [7, 11) is 0. The van der Waals surface area contributed by atoms with Gasteiger partial charge in [-0.1, -0.05) is 24.3 Å². The fourth-order valence-corrected chi connectivity index (χ4v) is 4.79. The number of thioether (sulfide) groups is 1. The number of aromatic amines is 1. The van der Waals surface area contributed by atoms with Crippen LogP contribution >= 0.6 is 11.8 Å². The lowest BCUT2D eigenvalue weighted by atomic mass is 10.0. The van der Waals surface area contributed by atoms with Gasteiger partial charge in [-0.15, -0.1) is 11.8 Å². The first-order valence-electron chi connectivity index (χ1n) is 8.07. The molecule has 1 aliphatic heterocycles. The third kappa shape index (κ3) is 2.72. The highest BCUT2D eigenvalue weighted by Gasteiger charge is 2.41. The molecule has 4 rings (SSSR count). The number of nitrogens with one attached hydrogen (secondary N) is 1. The average molecular weight is 351 g/mol. The van der Waals surface area contributed by atoms with E-state index in [-0.39, 0.29) is 17.1 Å². The quantitative estimate of drug-likeness (QED) is 0.735. The molecule has 0 aliphatic carbocycles. The van der Waals surface area contributed by atoms with Crippen LogP contribution in [0.2, 0.25) is 0 Å². The lowest BCUT2D eigenvalue weighted by Crippen LogP contribution is -2.41. The molecule has 126 valence electrons. The predicted octanol–water partition coefficient (Wildman–Crippen LogP) is 3.41. The van der Waals surface area contributed by atoms with E-state index < -0.39 is 6.04 Å². The third-order valence-corrected chi connectivity index (χ3v) is 5.81. The van der Waals surface area contributed by atoms with Crippen molar-refractivity contribution in [1.29, 1.82) is 0 Å². The Balaban J connectivity index is 1.70. The normalized spacial score (nSPS) is 20.1. The number of nitrogens with zero attached hydrogens (tertiary/aromatic N) is 2. The van der Waals surface area contributed by atoms with Crippen LogP contribution in [0.4, 0.5) is 0 Å². The van der Waals surface area contributed by atoms with Crippen LogP contribution in [0.3, 0.4) is 0 Å². The summed E-state index contributed by atoms with van der Waals surface area (Å²) in [5.74, 6) is 0.459. The van der Waals surface area contributed by atoms with E-state index in [0.29, 0.717) is 11.3 Å². The monoisotopic (exact) mass is 351 g/mol. The van der Waals surface area contributed by atoms with Gasteiger partial charge in [-0.05, 0) is 12.1 Å². The molecule has 0 radical (unpaired) electrons. The topological polar surface area (TPSA) is 66.1 Å². The molecule has 1 aromatic carbocycles. The Bertz CT molecular complexity index is 938. The number of aromatic nitrogens is 2. The lowest BCUT2D eigenvalue weighted by Gasteiger charge is -2.27. The van der Waals surface area contributed by atoms with Gasteiger partial charge in [0.25, 0.3) is 0 Å². The Hall–Kier alpha value is -2.60. The summed E-state index contributed by atoms with van der Waals surface area (Å²) < 4.78 is 0. The summed E-state index contributed by atoms with van der Waals surface area (Å²) in [5, 5.41) is 0.719. The van der Waals surface area contributed by atoms with Gasteiger partial charge in [0.05, 0.1) is 0 Å². The van der Waals surface area contributed by atoms with E-state index in [1.807, 2.05) is 36.4 Å². The molecule has 2 atom stereocenters. The smallest absolute Gasteiger partial charge is 0.221 e. The molecule has 3 aromatic rings. The highest BCUT2D eigenvalue weighted by molar-refractivity contribution is 7.99. The first-order chi connectivity index (χ1) is 12.2. The SMILES string of the molecule is CC(=O)N1C(c2cccnc2)SC[C@H]1C(=O)c1c[nH]c2ccccc12. The molecule has 1 aliphatic rings. The fourth-order valence-electron chi connectivity index (χ4n) is 3.33. The third-order valence-electron chi connectivity index (χ3n) is 4.49. The molecule has 25 heavy (non-hydrogen) atoms. The molecule has 0 saturated carbocycles. The van der Waals surface area contributed by atoms with Crippen molar-refractivity contribution in [3.05, 3.63) is 66.1 Å². The van der Waals surface area contributed by atoms with Crippen LogP contribution in [-0.2, 0) is 4.79 Å². The largest absolute Gasteiger partial charge is 0.360 e. The number of ketones is 1. The summed E-state index contributed by atoms with van der Waals surface area (Å²) >= 11 is 1.61. The van der Waals surface area contributed by atoms with Gasteiger partial charge in [0.15, 0.2) is 5.78 Å². The first-order valence-corrected chi connectivity index (χ1v) is 9.12. The van der Waals surface area contributed by atoms with Crippen LogP contribution in [0.15, 0.2) is 55.0 Å². The van der Waals surface area contributed by atoms with Crippen molar-refractivity contribution < 1.29 is 9.59 Å². The molecule has 1 saturated heterocycles. The maximum absolute atomic E-state index is 13.2. The molecular formula is C19H17N3O2S. The van der Waals surface area contributed by atoms with Crippen LogP contribution in [0.5, 0.6) is 0 Å². The molecule has 2 aromatic heterocycles. The second-order valence-corrected chi connectivity index (χ2v) is 7.14. The Kier molecular flexibility index (Phi) is 4.05. The number of para-hydroxylation sites is 1. The molecule has 5 nitrogen and oxygen atoms in total. The second kappa shape index (κ2) is 6.37. The van der Waals surface area contributed by atoms with Gasteiger partial charge < -0.3 is 9.88 Å². The fraction of sp³-hybridized carbons (Fsp3) is 0.211. The van der Waals surface area contributed by atoms with Crippen molar-refractivity contribution in [3.8, 4) is 0 Å². The number of pyridine rings is 1. The maximum Gasteiger partial charge on any atom is 0.221 e. The number of H-pyrrole nitrogens is 1. The molecule has 1 N–H and O–H groups in total. The zero-order valence-corrected chi connectivity index (χ0v) is 14.5. The van der Waals surface area contributed by atoms with Crippen molar-refractivity contribution in [3.63, 3.8) is 0 Å². The molecule has 0 spiro atoms. The summed E-state index contributed by atoms with van der Waals surface area (Å²) in [5.41, 5.74) is 2.51. The van der Waals surface area contributed by atoms with Crippen LogP contribution < -0.4 is 0 Å². The molecule has 1 amide bonds. The van der Waals surface area contributed by atoms with Gasteiger partial charge in [-0.25, -0.2) is 0 Å². The second-order valence-electron chi connectivity index (χ2n) is 6.03. The predicted molar refractivity (Wildman–Crippen MR) is 98.4 cm³/mol. The number of carbonyl (C=O) groups is 2. The van der Waals surface area contributed by atoms with Crippen LogP contribution in [0, 0.1) is 0 Å². The van der Waals surface area contributed by atoms with E-state index >= 15 is 0 Å². The minimum Gasteiger partial charge on any atom is -0.360 e. The molecule has 3 heterocycles. The maximum atomic E-state index is 13.2. The number of carbonyl (C=O) groups excluding carboxylic acids is 2. The Morgan fingerprint density at radius 2 is 2.08 bits per heavy atom. The standard InChI is InChI=1S/C19H17N3O2S/c1-12(23)22-17(11-25-19(22)13-5-4-8-20-9-13)18(24)15-10-21-16-7-3-2-6-14(15)16/h2-10,17,19,21H,11H2,1H3/t17-,19?/m0/s1. The zero-order valence-electron chi connectivity index (χ0n) is 13.7. The van der Waals surface area contributed by atoms with E-state index in [2.05, 4.69) is 9.97 Å². The molecule has 1 fully saturated rings. The first kappa shape index (κ1) is 15.9. The number of Topliss-reactive ketones (excluding diaryl/α,β-unsaturated/α-hetero) is 1. The summed E-state index contributed by atoms with van der Waals surface area (Å²) in [6.07, 6.45) is 5.20. The van der Waals surface area contributed by atoms with Crippen molar-refractivity contribution in [2.45, 2.75) is 18.3 Å². The summed E-state index contributed by atoms with van der Waals surface area (Å²) in [6, 6.07) is 11.0. The Labute approximate surface area is 149 Å². The van der Waals surface area contributed by atoms with Gasteiger partial charge >= 0.3 is 0 Å². The number of fused-ring (bicyclic) bond motifs is 1. The van der Waals surface area contributed by atoms with Crippen LogP contribution in [0.1, 0.15) is 28.2 Å². The highest BCUT2D eigenvalue weighted by atomic mass is 32.2. The van der Waals surface area contributed by atoms with Crippen molar-refractivity contribution in [2.75, 3.05) is 5.75 Å². The lowest BCUT2D eigenvalue weighted by molar-refractivity contribution is -0.130. The van der Waals surface area contributed by atoms with Crippen LogP contribution in [-0.4, -0.2) is 38.4 Å². The number of rotatable bonds is 3. The number of benzene rings is 1. The number of hydrogen-bond acceptors (Lipinski definition) is 4. The minimum absolute atomic E-state index is 0.0217. The van der Waals surface area contributed by atoms with Crippen molar-refractivity contribution in [2.24, 2.45) is 0 Å². The van der Waals surface area contributed by atoms with Crippen LogP contribution in [0.25, 0.3) is 10.9 Å². The number of amides is 1. The van der Waals surface area contributed by atoms with E-state index in [0.717, 1.165) is 16.5 Å². The summed E-state index contributed by atoms with van der Waals surface area (Å²) in [6.45, 7) is 1.52. The Morgan fingerprint density at radius 1 is 1.24 bits per heavy atom. The molecule has 1 unspecified atom stereocenters. The molecule has 0 bridgehead atoms. The van der Waals surface area contributed by atoms with E-state index in [1.54, 1.807) is 35.3 Å². The van der Waals surface area contributed by atoms with Gasteiger partial charge in [0, 0.05) is 53.3 Å². The van der Waals surface area contributed by atoms with E-state index in [4.69, 9.17) is 0 Å². The van der Waals surface area contributed by atoms with Gasteiger partial charge in [-0.3, -0.25) is 14.6 Å². The molecule has 6 heteroatoms. The van der Waals surface area contributed by atoms with Gasteiger partial charge in [-0.2, -0.15) is 0 Å². The van der Waals surface area contributed by atoms with E-state index in [1.165, 1.54) is 6.92 Å². The number of hydrogen-bond donors (Lipinski definition) is 1. The minimum atomic E-state index is -0.466. The molecular weight excluding hydrogens is 334 g/mol. The van der Waals surface area contributed by atoms with E-state index in [9.17, 15) is 9.59 Å². The summed E-state index contributed by atoms with van der Waals surface area (Å²) in [4.78, 5) is 34.4. The zero-order chi connectivity index (χ0) is 17.4. The highest BCUT2D eigenvalue weighted by Crippen LogP contribution is 2.42. The van der Waals surface area contributed by atoms with Gasteiger partial charge in [0.1, 0.15) is 11.4 Å². The Morgan fingerprint density at radius 3 is 2.84 bits per heavy atom. The van der Waals surface area contributed by atoms with Crippen molar-refractivity contribution >= 4 is 34.4 Å². The van der Waals surface area contributed by atoms with Gasteiger partial charge in [0.2, 0.25) is 5.91 Å².